The second kappa shape index (κ2) is 4.31. The topological polar surface area (TPSA) is 64.7 Å². The first-order valence-electron chi connectivity index (χ1n) is 5.33. The van der Waals surface area contributed by atoms with Crippen molar-refractivity contribution in [1.29, 1.82) is 0 Å². The Balaban J connectivity index is 2.41. The van der Waals surface area contributed by atoms with E-state index in [0.29, 0.717) is 24.3 Å². The maximum Gasteiger partial charge on any atom is 0.161 e. The second-order valence-corrected chi connectivity index (χ2v) is 4.12. The molecule has 1 aliphatic carbocycles. The van der Waals surface area contributed by atoms with Crippen LogP contribution in [0.5, 0.6) is 11.5 Å². The van der Waals surface area contributed by atoms with Gasteiger partial charge in [-0.1, -0.05) is 0 Å². The van der Waals surface area contributed by atoms with Gasteiger partial charge < -0.3 is 20.3 Å². The van der Waals surface area contributed by atoms with Crippen molar-refractivity contribution >= 4 is 0 Å². The second-order valence-electron chi connectivity index (χ2n) is 4.12. The summed E-state index contributed by atoms with van der Waals surface area (Å²) in [5.41, 5.74) is 8.06. The summed E-state index contributed by atoms with van der Waals surface area (Å²) in [7, 11) is 3.22. The van der Waals surface area contributed by atoms with Gasteiger partial charge in [-0.15, -0.1) is 0 Å². The fourth-order valence-corrected chi connectivity index (χ4v) is 2.11. The van der Waals surface area contributed by atoms with Gasteiger partial charge in [-0.25, -0.2) is 0 Å². The number of nitrogens with two attached hydrogens (primary N) is 1. The molecule has 0 spiro atoms. The molecule has 0 saturated heterocycles. The van der Waals surface area contributed by atoms with Crippen LogP contribution in [0.25, 0.3) is 0 Å². The van der Waals surface area contributed by atoms with Crippen molar-refractivity contribution in [2.24, 2.45) is 5.73 Å². The van der Waals surface area contributed by atoms with E-state index in [-0.39, 0.29) is 6.04 Å². The van der Waals surface area contributed by atoms with E-state index in [0.717, 1.165) is 11.1 Å². The monoisotopic (exact) mass is 223 g/mol. The minimum Gasteiger partial charge on any atom is -0.493 e. The zero-order chi connectivity index (χ0) is 11.7. The minimum atomic E-state index is -0.467. The molecule has 0 unspecified atom stereocenters. The smallest absolute Gasteiger partial charge is 0.161 e. The third-order valence-electron chi connectivity index (χ3n) is 3.08. The van der Waals surface area contributed by atoms with Crippen LogP contribution in [0.1, 0.15) is 11.1 Å². The minimum absolute atomic E-state index is 0.189. The molecule has 4 heteroatoms. The van der Waals surface area contributed by atoms with E-state index in [1.165, 1.54) is 0 Å². The third kappa shape index (κ3) is 1.86. The summed E-state index contributed by atoms with van der Waals surface area (Å²) >= 11 is 0. The van der Waals surface area contributed by atoms with Gasteiger partial charge >= 0.3 is 0 Å². The van der Waals surface area contributed by atoms with E-state index in [1.807, 2.05) is 12.1 Å². The molecule has 0 fully saturated rings. The Morgan fingerprint density at radius 2 is 1.62 bits per heavy atom. The first-order chi connectivity index (χ1) is 7.65. The maximum absolute atomic E-state index is 9.72. The van der Waals surface area contributed by atoms with Crippen LogP contribution in [-0.4, -0.2) is 31.5 Å². The normalized spacial score (nSPS) is 23.8. The quantitative estimate of drug-likeness (QED) is 0.766. The molecule has 88 valence electrons. The number of rotatable bonds is 2. The van der Waals surface area contributed by atoms with Gasteiger partial charge in [0.05, 0.1) is 20.3 Å². The van der Waals surface area contributed by atoms with Crippen molar-refractivity contribution in [3.05, 3.63) is 23.3 Å². The molecular formula is C12H17NO3. The third-order valence-corrected chi connectivity index (χ3v) is 3.08. The maximum atomic E-state index is 9.72. The van der Waals surface area contributed by atoms with Crippen LogP contribution < -0.4 is 15.2 Å². The Hall–Kier alpha value is -1.26. The van der Waals surface area contributed by atoms with Crippen molar-refractivity contribution < 1.29 is 14.6 Å². The SMILES string of the molecule is COc1cc2c(cc1OC)C[C@H](O)[C@H](N)C2. The van der Waals surface area contributed by atoms with Crippen LogP contribution in [0.3, 0.4) is 0 Å². The molecule has 0 radical (unpaired) electrons. The number of fused-ring (bicyclic) bond motifs is 1. The molecule has 3 N–H and O–H groups in total. The summed E-state index contributed by atoms with van der Waals surface area (Å²) in [5, 5.41) is 9.72. The largest absolute Gasteiger partial charge is 0.493 e. The molecule has 16 heavy (non-hydrogen) atoms. The van der Waals surface area contributed by atoms with E-state index >= 15 is 0 Å². The van der Waals surface area contributed by atoms with Crippen molar-refractivity contribution in [2.75, 3.05) is 14.2 Å². The molecular weight excluding hydrogens is 206 g/mol. The van der Waals surface area contributed by atoms with E-state index in [2.05, 4.69) is 0 Å². The molecule has 1 aromatic rings. The highest BCUT2D eigenvalue weighted by molar-refractivity contribution is 5.48. The van der Waals surface area contributed by atoms with Gasteiger partial charge in [0.2, 0.25) is 0 Å². The molecule has 1 aliphatic rings. The molecule has 0 amide bonds. The summed E-state index contributed by atoms with van der Waals surface area (Å²) < 4.78 is 10.5. The number of aliphatic hydroxyl groups is 1. The zero-order valence-corrected chi connectivity index (χ0v) is 9.56. The molecule has 2 rings (SSSR count). The lowest BCUT2D eigenvalue weighted by Crippen LogP contribution is -2.41. The number of hydrogen-bond acceptors (Lipinski definition) is 4. The lowest BCUT2D eigenvalue weighted by Gasteiger charge is -2.27. The van der Waals surface area contributed by atoms with Gasteiger partial charge in [0.1, 0.15) is 0 Å². The molecule has 2 atom stereocenters. The highest BCUT2D eigenvalue weighted by Gasteiger charge is 2.25. The van der Waals surface area contributed by atoms with Gasteiger partial charge in [0, 0.05) is 12.5 Å². The van der Waals surface area contributed by atoms with E-state index < -0.39 is 6.10 Å². The Morgan fingerprint density at radius 3 is 2.12 bits per heavy atom. The Kier molecular flexibility index (Phi) is 3.03. The van der Waals surface area contributed by atoms with Gasteiger partial charge in [0.25, 0.3) is 0 Å². The standard InChI is InChI=1S/C12H17NO3/c1-15-11-5-7-3-9(13)10(14)4-8(7)6-12(11)16-2/h5-6,9-10,14H,3-4,13H2,1-2H3/t9-,10+/m1/s1. The predicted octanol–water partition coefficient (Wildman–Crippen LogP) is 0.491. The van der Waals surface area contributed by atoms with Crippen LogP contribution in [0, 0.1) is 0 Å². The lowest BCUT2D eigenvalue weighted by atomic mass is 9.86. The highest BCUT2D eigenvalue weighted by Crippen LogP contribution is 2.33. The predicted molar refractivity (Wildman–Crippen MR) is 60.9 cm³/mol. The van der Waals surface area contributed by atoms with Crippen LogP contribution in [-0.2, 0) is 12.8 Å². The average Bonchev–Trinajstić information content (AvgIpc) is 2.29. The number of aliphatic hydroxyl groups excluding tert-OH is 1. The van der Waals surface area contributed by atoms with Crippen molar-refractivity contribution in [3.8, 4) is 11.5 Å². The number of benzene rings is 1. The van der Waals surface area contributed by atoms with Crippen molar-refractivity contribution in [1.82, 2.24) is 0 Å². The van der Waals surface area contributed by atoms with E-state index in [9.17, 15) is 5.11 Å². The highest BCUT2D eigenvalue weighted by atomic mass is 16.5. The zero-order valence-electron chi connectivity index (χ0n) is 9.56. The van der Waals surface area contributed by atoms with Crippen LogP contribution >= 0.6 is 0 Å². The Labute approximate surface area is 95.0 Å². The molecule has 0 aliphatic heterocycles. The Bertz CT molecular complexity index is 355. The molecule has 0 aromatic heterocycles. The summed E-state index contributed by atoms with van der Waals surface area (Å²) in [6.07, 6.45) is 0.791. The molecule has 1 aromatic carbocycles. The van der Waals surface area contributed by atoms with Gasteiger partial charge in [-0.2, -0.15) is 0 Å². The lowest BCUT2D eigenvalue weighted by molar-refractivity contribution is 0.137. The molecule has 0 heterocycles. The number of hydrogen-bond donors (Lipinski definition) is 2. The molecule has 4 nitrogen and oxygen atoms in total. The fraction of sp³-hybridized carbons (Fsp3) is 0.500. The first kappa shape index (κ1) is 11.2. The van der Waals surface area contributed by atoms with Crippen LogP contribution in [0.2, 0.25) is 0 Å². The molecule has 0 bridgehead atoms. The molecule has 0 saturated carbocycles. The summed E-state index contributed by atoms with van der Waals surface area (Å²) in [6, 6.07) is 3.68. The van der Waals surface area contributed by atoms with Gasteiger partial charge in [-0.05, 0) is 29.7 Å². The summed E-state index contributed by atoms with van der Waals surface area (Å²) in [5.74, 6) is 1.41. The number of methoxy groups -OCH3 is 2. The van der Waals surface area contributed by atoms with Crippen LogP contribution in [0.15, 0.2) is 12.1 Å². The summed E-state index contributed by atoms with van der Waals surface area (Å²) in [4.78, 5) is 0. The van der Waals surface area contributed by atoms with E-state index in [1.54, 1.807) is 14.2 Å². The van der Waals surface area contributed by atoms with Crippen molar-refractivity contribution in [2.45, 2.75) is 25.0 Å². The average molecular weight is 223 g/mol. The van der Waals surface area contributed by atoms with Gasteiger partial charge in [0.15, 0.2) is 11.5 Å². The van der Waals surface area contributed by atoms with Crippen molar-refractivity contribution in [3.63, 3.8) is 0 Å². The van der Waals surface area contributed by atoms with Crippen LogP contribution in [0.4, 0.5) is 0 Å². The van der Waals surface area contributed by atoms with E-state index in [4.69, 9.17) is 15.2 Å². The summed E-state index contributed by atoms with van der Waals surface area (Å²) in [6.45, 7) is 0. The fourth-order valence-electron chi connectivity index (χ4n) is 2.11. The Morgan fingerprint density at radius 1 is 1.12 bits per heavy atom. The van der Waals surface area contributed by atoms with Gasteiger partial charge in [-0.3, -0.25) is 0 Å². The first-order valence-corrected chi connectivity index (χ1v) is 5.33. The number of ether oxygens (including phenoxy) is 2.